The summed E-state index contributed by atoms with van der Waals surface area (Å²) in [6.07, 6.45) is 0.726. The number of benzene rings is 3. The van der Waals surface area contributed by atoms with Crippen LogP contribution in [0, 0.1) is 10.1 Å². The number of hydrogen-bond donors (Lipinski definition) is 0. The Bertz CT molecular complexity index is 931. The number of non-ortho nitro benzene ring substituents is 1. The van der Waals surface area contributed by atoms with Crippen LogP contribution in [-0.4, -0.2) is 4.92 Å². The van der Waals surface area contributed by atoms with Gasteiger partial charge in [0.2, 0.25) is 0 Å². The van der Waals surface area contributed by atoms with Crippen molar-refractivity contribution in [1.29, 1.82) is 0 Å². The fraction of sp³-hybridized carbons (Fsp3) is 0.0909. The summed E-state index contributed by atoms with van der Waals surface area (Å²) in [5, 5.41) is 10.8. The Morgan fingerprint density at radius 2 is 1.73 bits per heavy atom. The van der Waals surface area contributed by atoms with Gasteiger partial charge in [-0.25, -0.2) is 0 Å². The number of nitro groups is 1. The van der Waals surface area contributed by atoms with Crippen molar-refractivity contribution in [3.63, 3.8) is 0 Å². The van der Waals surface area contributed by atoms with Gasteiger partial charge in [-0.2, -0.15) is 0 Å². The molecule has 0 fully saturated rings. The number of rotatable bonds is 6. The van der Waals surface area contributed by atoms with Gasteiger partial charge in [-0.15, -0.1) is 0 Å². The van der Waals surface area contributed by atoms with Crippen LogP contribution in [0.15, 0.2) is 79.4 Å². The third kappa shape index (κ3) is 4.16. The number of allylic oxidation sites excluding steroid dienone is 1. The molecule has 3 aromatic carbocycles. The molecular weight excluding hydrogens is 326 g/mol. The summed E-state index contributed by atoms with van der Waals surface area (Å²) in [5.41, 5.74) is 4.31. The zero-order valence-corrected chi connectivity index (χ0v) is 14.5. The molecule has 0 atom stereocenters. The van der Waals surface area contributed by atoms with E-state index in [1.54, 1.807) is 12.1 Å². The van der Waals surface area contributed by atoms with E-state index in [1.165, 1.54) is 17.7 Å². The Morgan fingerprint density at radius 1 is 1.04 bits per heavy atom. The molecule has 26 heavy (non-hydrogen) atoms. The van der Waals surface area contributed by atoms with Gasteiger partial charge in [0.1, 0.15) is 11.5 Å². The molecule has 0 saturated carbocycles. The summed E-state index contributed by atoms with van der Waals surface area (Å²) in [6.45, 7) is 5.98. The Hall–Kier alpha value is -3.40. The highest BCUT2D eigenvalue weighted by molar-refractivity contribution is 5.63. The topological polar surface area (TPSA) is 52.4 Å². The molecule has 130 valence electrons. The molecule has 0 spiro atoms. The summed E-state index contributed by atoms with van der Waals surface area (Å²) in [4.78, 5) is 10.4. The van der Waals surface area contributed by atoms with Gasteiger partial charge in [0.15, 0.2) is 0 Å². The molecule has 0 aliphatic rings. The zero-order chi connectivity index (χ0) is 18.5. The first-order valence-electron chi connectivity index (χ1n) is 8.28. The zero-order valence-electron chi connectivity index (χ0n) is 14.5. The molecule has 4 nitrogen and oxygen atoms in total. The Kier molecular flexibility index (Phi) is 5.13. The Labute approximate surface area is 152 Å². The monoisotopic (exact) mass is 345 g/mol. The van der Waals surface area contributed by atoms with Crippen molar-refractivity contribution in [1.82, 2.24) is 0 Å². The fourth-order valence-corrected chi connectivity index (χ4v) is 2.66. The van der Waals surface area contributed by atoms with Gasteiger partial charge >= 0.3 is 0 Å². The molecule has 0 radical (unpaired) electrons. The van der Waals surface area contributed by atoms with Crippen LogP contribution in [0.3, 0.4) is 0 Å². The standard InChI is InChI=1S/C22H19NO3/c1-16(2)18-8-13-22(19(15-18)14-17-6-4-3-5-7-17)26-21-11-9-20(10-12-21)23(24)25/h3-13,15H,1,14H2,2H3. The van der Waals surface area contributed by atoms with E-state index < -0.39 is 4.92 Å². The second-order valence-corrected chi connectivity index (χ2v) is 6.12. The van der Waals surface area contributed by atoms with E-state index in [2.05, 4.69) is 24.8 Å². The summed E-state index contributed by atoms with van der Waals surface area (Å²) in [5.74, 6) is 1.29. The van der Waals surface area contributed by atoms with Crippen molar-refractivity contribution in [2.45, 2.75) is 13.3 Å². The third-order valence-electron chi connectivity index (χ3n) is 4.07. The molecule has 0 aromatic heterocycles. The van der Waals surface area contributed by atoms with Crippen LogP contribution in [0.1, 0.15) is 23.6 Å². The maximum absolute atomic E-state index is 10.8. The molecular formula is C22H19NO3. The van der Waals surface area contributed by atoms with Crippen LogP contribution in [0.4, 0.5) is 5.69 Å². The fourth-order valence-electron chi connectivity index (χ4n) is 2.66. The minimum Gasteiger partial charge on any atom is -0.457 e. The van der Waals surface area contributed by atoms with E-state index in [4.69, 9.17) is 4.74 Å². The maximum atomic E-state index is 10.8. The summed E-state index contributed by atoms with van der Waals surface area (Å²) in [6, 6.07) is 22.2. The molecule has 0 saturated heterocycles. The summed E-state index contributed by atoms with van der Waals surface area (Å²) in [7, 11) is 0. The first-order chi connectivity index (χ1) is 12.5. The van der Waals surface area contributed by atoms with Crippen LogP contribution in [0.2, 0.25) is 0 Å². The molecule has 0 N–H and O–H groups in total. The average Bonchev–Trinajstić information content (AvgIpc) is 2.64. The number of nitrogens with zero attached hydrogens (tertiary/aromatic N) is 1. The molecule has 3 aromatic rings. The number of nitro benzene ring substituents is 1. The molecule has 0 aliphatic carbocycles. The lowest BCUT2D eigenvalue weighted by Crippen LogP contribution is -1.96. The van der Waals surface area contributed by atoms with E-state index in [9.17, 15) is 10.1 Å². The smallest absolute Gasteiger partial charge is 0.269 e. The van der Waals surface area contributed by atoms with Crippen molar-refractivity contribution >= 4 is 11.3 Å². The first-order valence-corrected chi connectivity index (χ1v) is 8.28. The predicted octanol–water partition coefficient (Wildman–Crippen LogP) is 6.01. The molecule has 0 aliphatic heterocycles. The molecule has 3 rings (SSSR count). The minimum absolute atomic E-state index is 0.0412. The lowest BCUT2D eigenvalue weighted by molar-refractivity contribution is -0.384. The van der Waals surface area contributed by atoms with Crippen LogP contribution in [-0.2, 0) is 6.42 Å². The largest absolute Gasteiger partial charge is 0.457 e. The van der Waals surface area contributed by atoms with E-state index in [1.807, 2.05) is 37.3 Å². The maximum Gasteiger partial charge on any atom is 0.269 e. The molecule has 4 heteroatoms. The Morgan fingerprint density at radius 3 is 2.35 bits per heavy atom. The van der Waals surface area contributed by atoms with Crippen LogP contribution >= 0.6 is 0 Å². The van der Waals surface area contributed by atoms with Crippen LogP contribution in [0.5, 0.6) is 11.5 Å². The van der Waals surface area contributed by atoms with Gasteiger partial charge in [0.05, 0.1) is 4.92 Å². The molecule has 0 heterocycles. The van der Waals surface area contributed by atoms with Gasteiger partial charge < -0.3 is 4.74 Å². The highest BCUT2D eigenvalue weighted by Crippen LogP contribution is 2.30. The lowest BCUT2D eigenvalue weighted by Gasteiger charge is -2.13. The number of ether oxygens (including phenoxy) is 1. The lowest BCUT2D eigenvalue weighted by atomic mass is 9.99. The average molecular weight is 345 g/mol. The molecule has 0 bridgehead atoms. The van der Waals surface area contributed by atoms with E-state index in [0.29, 0.717) is 5.75 Å². The summed E-state index contributed by atoms with van der Waals surface area (Å²) >= 11 is 0. The molecule has 0 amide bonds. The van der Waals surface area contributed by atoms with Crippen molar-refractivity contribution in [3.8, 4) is 11.5 Å². The predicted molar refractivity (Wildman–Crippen MR) is 104 cm³/mol. The van der Waals surface area contributed by atoms with Crippen molar-refractivity contribution in [2.24, 2.45) is 0 Å². The van der Waals surface area contributed by atoms with Crippen molar-refractivity contribution < 1.29 is 9.66 Å². The van der Waals surface area contributed by atoms with Gasteiger partial charge in [0.25, 0.3) is 5.69 Å². The second kappa shape index (κ2) is 7.66. The van der Waals surface area contributed by atoms with Gasteiger partial charge in [-0.05, 0) is 47.9 Å². The second-order valence-electron chi connectivity index (χ2n) is 6.12. The van der Waals surface area contributed by atoms with Crippen molar-refractivity contribution in [3.05, 3.63) is 106 Å². The minimum atomic E-state index is -0.424. The van der Waals surface area contributed by atoms with Crippen LogP contribution < -0.4 is 4.74 Å². The van der Waals surface area contributed by atoms with E-state index in [0.717, 1.165) is 28.9 Å². The highest BCUT2D eigenvalue weighted by atomic mass is 16.6. The van der Waals surface area contributed by atoms with E-state index in [-0.39, 0.29) is 5.69 Å². The molecule has 0 unspecified atom stereocenters. The van der Waals surface area contributed by atoms with Gasteiger partial charge in [0, 0.05) is 18.6 Å². The summed E-state index contributed by atoms with van der Waals surface area (Å²) < 4.78 is 6.00. The van der Waals surface area contributed by atoms with E-state index >= 15 is 0 Å². The third-order valence-corrected chi connectivity index (χ3v) is 4.07. The Balaban J connectivity index is 1.92. The normalized spacial score (nSPS) is 10.3. The number of hydrogen-bond acceptors (Lipinski definition) is 3. The van der Waals surface area contributed by atoms with Gasteiger partial charge in [-0.3, -0.25) is 10.1 Å². The SMILES string of the molecule is C=C(C)c1ccc(Oc2ccc([N+](=O)[O-])cc2)c(Cc2ccccc2)c1. The van der Waals surface area contributed by atoms with Gasteiger partial charge in [-0.1, -0.05) is 48.6 Å². The first kappa shape index (κ1) is 17.4. The van der Waals surface area contributed by atoms with Crippen molar-refractivity contribution in [2.75, 3.05) is 0 Å². The quantitative estimate of drug-likeness (QED) is 0.406. The highest BCUT2D eigenvalue weighted by Gasteiger charge is 2.10. The van der Waals surface area contributed by atoms with Crippen LogP contribution in [0.25, 0.3) is 5.57 Å².